The van der Waals surface area contributed by atoms with E-state index < -0.39 is 24.0 Å². The first-order valence-electron chi connectivity index (χ1n) is 5.44. The Bertz CT molecular complexity index is 428. The van der Waals surface area contributed by atoms with Crippen molar-refractivity contribution in [3.63, 3.8) is 0 Å². The lowest BCUT2D eigenvalue weighted by atomic mass is 10.1. The summed E-state index contributed by atoms with van der Waals surface area (Å²) in [6, 6.07) is 4.83. The molecule has 0 saturated carbocycles. The number of carbonyl (C=O) groups is 2. The van der Waals surface area contributed by atoms with Crippen molar-refractivity contribution >= 4 is 11.9 Å². The summed E-state index contributed by atoms with van der Waals surface area (Å²) >= 11 is 0. The molecule has 0 fully saturated rings. The molecule has 0 amide bonds. The van der Waals surface area contributed by atoms with Crippen LogP contribution in [0.4, 0.5) is 0 Å². The molecular weight excluding hydrogens is 236 g/mol. The van der Waals surface area contributed by atoms with Gasteiger partial charge in [-0.25, -0.2) is 4.79 Å². The Morgan fingerprint density at radius 1 is 1.28 bits per heavy atom. The third kappa shape index (κ3) is 4.15. The third-order valence-corrected chi connectivity index (χ3v) is 2.29. The summed E-state index contributed by atoms with van der Waals surface area (Å²) in [6.07, 6.45) is 0.219. The van der Waals surface area contributed by atoms with Crippen LogP contribution < -0.4 is 16.2 Å². The first-order chi connectivity index (χ1) is 8.40. The molecule has 0 spiro atoms. The fraction of sp³-hybridized carbons (Fsp3) is 0.333. The Hall–Kier alpha value is -1.92. The van der Waals surface area contributed by atoms with Crippen LogP contribution in [0.1, 0.15) is 12.5 Å². The van der Waals surface area contributed by atoms with Crippen LogP contribution in [0.2, 0.25) is 0 Å². The quantitative estimate of drug-likeness (QED) is 0.497. The minimum Gasteiger partial charge on any atom is -0.480 e. The van der Waals surface area contributed by atoms with E-state index in [4.69, 9.17) is 21.3 Å². The molecule has 5 N–H and O–H groups in total. The van der Waals surface area contributed by atoms with Gasteiger partial charge < -0.3 is 21.3 Å². The molecule has 0 unspecified atom stereocenters. The molecule has 0 saturated heterocycles. The van der Waals surface area contributed by atoms with E-state index in [-0.39, 0.29) is 6.42 Å². The van der Waals surface area contributed by atoms with Gasteiger partial charge in [0.1, 0.15) is 17.8 Å². The molecule has 0 heterocycles. The van der Waals surface area contributed by atoms with E-state index in [0.717, 1.165) is 5.56 Å². The Kier molecular flexibility index (Phi) is 4.82. The van der Waals surface area contributed by atoms with E-state index in [1.807, 2.05) is 0 Å². The Morgan fingerprint density at radius 3 is 2.28 bits per heavy atom. The van der Waals surface area contributed by atoms with Gasteiger partial charge in [0.15, 0.2) is 0 Å². The summed E-state index contributed by atoms with van der Waals surface area (Å²) in [7, 11) is 0. The molecule has 98 valence electrons. The lowest BCUT2D eigenvalue weighted by molar-refractivity contribution is -0.138. The number of carboxylic acid groups (broad SMARTS) is 1. The highest BCUT2D eigenvalue weighted by atomic mass is 16.5. The van der Waals surface area contributed by atoms with Crippen molar-refractivity contribution in [3.8, 4) is 5.75 Å². The molecule has 0 radical (unpaired) electrons. The number of carbonyl (C=O) groups excluding carboxylic acids is 1. The Labute approximate surface area is 105 Å². The number of rotatable bonds is 5. The van der Waals surface area contributed by atoms with Crippen LogP contribution in [-0.4, -0.2) is 29.1 Å². The van der Waals surface area contributed by atoms with E-state index in [2.05, 4.69) is 0 Å². The molecule has 0 aliphatic heterocycles. The predicted octanol–water partition coefficient (Wildman–Crippen LogP) is -0.106. The predicted molar refractivity (Wildman–Crippen MR) is 65.0 cm³/mol. The summed E-state index contributed by atoms with van der Waals surface area (Å²) in [4.78, 5) is 21.8. The summed E-state index contributed by atoms with van der Waals surface area (Å²) in [5.74, 6) is -1.21. The highest BCUT2D eigenvalue weighted by molar-refractivity contribution is 5.77. The van der Waals surface area contributed by atoms with Crippen molar-refractivity contribution in [3.05, 3.63) is 29.8 Å². The summed E-state index contributed by atoms with van der Waals surface area (Å²) in [6.45, 7) is 1.53. The van der Waals surface area contributed by atoms with Crippen molar-refractivity contribution in [2.45, 2.75) is 25.4 Å². The largest absolute Gasteiger partial charge is 0.480 e. The number of nitrogens with two attached hydrogens (primary N) is 2. The van der Waals surface area contributed by atoms with E-state index in [1.165, 1.54) is 6.92 Å². The molecule has 1 aromatic carbocycles. The van der Waals surface area contributed by atoms with E-state index in [9.17, 15) is 9.59 Å². The maximum atomic E-state index is 11.2. The molecule has 1 aromatic rings. The molecular formula is C12H16N2O4. The zero-order valence-corrected chi connectivity index (χ0v) is 10.00. The van der Waals surface area contributed by atoms with Gasteiger partial charge in [-0.05, 0) is 31.0 Å². The second-order valence-electron chi connectivity index (χ2n) is 4.00. The number of hydrogen-bond acceptors (Lipinski definition) is 5. The smallest absolute Gasteiger partial charge is 0.328 e. The monoisotopic (exact) mass is 252 g/mol. The molecule has 0 aliphatic rings. The van der Waals surface area contributed by atoms with Gasteiger partial charge >= 0.3 is 11.9 Å². The second kappa shape index (κ2) is 6.13. The molecule has 0 aliphatic carbocycles. The van der Waals surface area contributed by atoms with Gasteiger partial charge in [0.05, 0.1) is 0 Å². The molecule has 1 rings (SSSR count). The van der Waals surface area contributed by atoms with Crippen LogP contribution in [0.3, 0.4) is 0 Å². The molecule has 18 heavy (non-hydrogen) atoms. The van der Waals surface area contributed by atoms with Crippen LogP contribution in [0.15, 0.2) is 24.3 Å². The van der Waals surface area contributed by atoms with E-state index in [0.29, 0.717) is 5.75 Å². The molecule has 2 atom stereocenters. The standard InChI is InChI=1S/C12H16N2O4/c1-7(13)12(17)18-9-4-2-8(3-5-9)6-10(14)11(15)16/h2-5,7,10H,6,13-14H2,1H3,(H,15,16)/t7-,10-/m0/s1. The van der Waals surface area contributed by atoms with Crippen molar-refractivity contribution < 1.29 is 19.4 Å². The van der Waals surface area contributed by atoms with Crippen molar-refractivity contribution in [1.29, 1.82) is 0 Å². The molecule has 6 heteroatoms. The average Bonchev–Trinajstić information content (AvgIpc) is 2.31. The van der Waals surface area contributed by atoms with Gasteiger partial charge in [0, 0.05) is 0 Å². The Balaban J connectivity index is 2.63. The van der Waals surface area contributed by atoms with E-state index >= 15 is 0 Å². The van der Waals surface area contributed by atoms with Gasteiger partial charge in [-0.2, -0.15) is 0 Å². The third-order valence-electron chi connectivity index (χ3n) is 2.29. The SMILES string of the molecule is C[C@H](N)C(=O)Oc1ccc(C[C@H](N)C(=O)O)cc1. The number of hydrogen-bond donors (Lipinski definition) is 3. The van der Waals surface area contributed by atoms with Crippen LogP contribution in [0, 0.1) is 0 Å². The highest BCUT2D eigenvalue weighted by Crippen LogP contribution is 2.13. The fourth-order valence-electron chi connectivity index (χ4n) is 1.24. The molecule has 0 bridgehead atoms. The lowest BCUT2D eigenvalue weighted by Gasteiger charge is -2.09. The van der Waals surface area contributed by atoms with Crippen LogP contribution in [0.25, 0.3) is 0 Å². The maximum Gasteiger partial charge on any atom is 0.328 e. The minimum atomic E-state index is -1.05. The normalized spacial score (nSPS) is 13.7. The first kappa shape index (κ1) is 14.1. The van der Waals surface area contributed by atoms with Crippen molar-refractivity contribution in [1.82, 2.24) is 0 Å². The van der Waals surface area contributed by atoms with Gasteiger partial charge in [-0.15, -0.1) is 0 Å². The zero-order valence-electron chi connectivity index (χ0n) is 10.00. The van der Waals surface area contributed by atoms with Gasteiger partial charge in [-0.1, -0.05) is 12.1 Å². The van der Waals surface area contributed by atoms with Crippen LogP contribution in [-0.2, 0) is 16.0 Å². The van der Waals surface area contributed by atoms with E-state index in [1.54, 1.807) is 24.3 Å². The summed E-state index contributed by atoms with van der Waals surface area (Å²) in [5, 5.41) is 8.67. The second-order valence-corrected chi connectivity index (χ2v) is 4.00. The maximum absolute atomic E-state index is 11.2. The van der Waals surface area contributed by atoms with Crippen LogP contribution in [0.5, 0.6) is 5.75 Å². The fourth-order valence-corrected chi connectivity index (χ4v) is 1.24. The van der Waals surface area contributed by atoms with Crippen molar-refractivity contribution in [2.75, 3.05) is 0 Å². The zero-order chi connectivity index (χ0) is 13.7. The first-order valence-corrected chi connectivity index (χ1v) is 5.44. The van der Waals surface area contributed by atoms with Gasteiger partial charge in [0.2, 0.25) is 0 Å². The average molecular weight is 252 g/mol. The lowest BCUT2D eigenvalue weighted by Crippen LogP contribution is -2.32. The number of carboxylic acids is 1. The van der Waals surface area contributed by atoms with Gasteiger partial charge in [0.25, 0.3) is 0 Å². The summed E-state index contributed by atoms with van der Waals surface area (Å²) in [5.41, 5.74) is 11.5. The number of esters is 1. The molecule has 6 nitrogen and oxygen atoms in total. The number of aliphatic carboxylic acids is 1. The number of ether oxygens (including phenoxy) is 1. The molecule has 0 aromatic heterocycles. The topological polar surface area (TPSA) is 116 Å². The summed E-state index contributed by atoms with van der Waals surface area (Å²) < 4.78 is 4.97. The Morgan fingerprint density at radius 2 is 1.83 bits per heavy atom. The highest BCUT2D eigenvalue weighted by Gasteiger charge is 2.13. The van der Waals surface area contributed by atoms with Crippen LogP contribution >= 0.6 is 0 Å². The number of benzene rings is 1. The van der Waals surface area contributed by atoms with Crippen molar-refractivity contribution in [2.24, 2.45) is 11.5 Å². The van der Waals surface area contributed by atoms with Gasteiger partial charge in [-0.3, -0.25) is 4.79 Å². The minimum absolute atomic E-state index is 0.219.